The summed E-state index contributed by atoms with van der Waals surface area (Å²) in [7, 11) is -3.41. The smallest absolute Gasteiger partial charge is 0.186 e. The molecule has 0 spiro atoms. The second-order valence-corrected chi connectivity index (χ2v) is 5.22. The zero-order valence-electron chi connectivity index (χ0n) is 6.45. The molecule has 1 aliphatic rings. The molecule has 13 heavy (non-hydrogen) atoms. The molecule has 1 aromatic rings. The summed E-state index contributed by atoms with van der Waals surface area (Å²) in [5.74, 6) is -0.783. The molecule has 1 aromatic carbocycles. The molecule has 0 saturated heterocycles. The number of carbonyl (C=O) groups excluding carboxylic acids is 1. The third-order valence-electron chi connectivity index (χ3n) is 1.90. The van der Waals surface area contributed by atoms with Gasteiger partial charge in [-0.2, -0.15) is 0 Å². The minimum atomic E-state index is -3.41. The molecule has 2 rings (SSSR count). The molecule has 0 N–H and O–H groups in total. The number of ketones is 1. The Balaban J connectivity index is 2.81. The Morgan fingerprint density at radius 3 is 2.69 bits per heavy atom. The molecule has 3 nitrogen and oxygen atoms in total. The fourth-order valence-electron chi connectivity index (χ4n) is 1.31. The number of rotatable bonds is 0. The highest BCUT2D eigenvalue weighted by Gasteiger charge is 2.33. The first-order valence-corrected chi connectivity index (χ1v) is 5.59. The van der Waals surface area contributed by atoms with E-state index < -0.39 is 15.6 Å². The Morgan fingerprint density at radius 2 is 2.00 bits per heavy atom. The van der Waals surface area contributed by atoms with Crippen LogP contribution in [0.3, 0.4) is 0 Å². The molecule has 0 aromatic heterocycles. The van der Waals surface area contributed by atoms with Crippen molar-refractivity contribution in [2.75, 3.05) is 5.75 Å². The highest BCUT2D eigenvalue weighted by Crippen LogP contribution is 2.28. The van der Waals surface area contributed by atoms with E-state index in [1.165, 1.54) is 18.2 Å². The van der Waals surface area contributed by atoms with Gasteiger partial charge in [-0.15, -0.1) is 0 Å². The maximum Gasteiger partial charge on any atom is 0.186 e. The van der Waals surface area contributed by atoms with Crippen LogP contribution in [0, 0.1) is 0 Å². The molecular formula is C8H5ClO3S. The molecule has 0 fully saturated rings. The van der Waals surface area contributed by atoms with Crippen LogP contribution in [0.2, 0.25) is 5.02 Å². The molecule has 1 heterocycles. The van der Waals surface area contributed by atoms with Crippen molar-refractivity contribution in [3.8, 4) is 0 Å². The van der Waals surface area contributed by atoms with E-state index in [9.17, 15) is 13.2 Å². The molecule has 0 saturated carbocycles. The number of fused-ring (bicyclic) bond motifs is 1. The van der Waals surface area contributed by atoms with E-state index in [1.807, 2.05) is 0 Å². The number of carbonyl (C=O) groups is 1. The van der Waals surface area contributed by atoms with E-state index in [0.29, 0.717) is 5.02 Å². The second kappa shape index (κ2) is 2.56. The molecular weight excluding hydrogens is 212 g/mol. The van der Waals surface area contributed by atoms with Crippen molar-refractivity contribution < 1.29 is 13.2 Å². The lowest BCUT2D eigenvalue weighted by atomic mass is 10.2. The van der Waals surface area contributed by atoms with Gasteiger partial charge in [0.1, 0.15) is 5.75 Å². The summed E-state index contributed by atoms with van der Waals surface area (Å²) >= 11 is 5.62. The lowest BCUT2D eigenvalue weighted by Crippen LogP contribution is -2.03. The van der Waals surface area contributed by atoms with Crippen molar-refractivity contribution >= 4 is 27.2 Å². The molecule has 0 bridgehead atoms. The summed E-state index contributed by atoms with van der Waals surface area (Å²) in [5.41, 5.74) is 0.254. The molecule has 0 aliphatic carbocycles. The molecule has 0 amide bonds. The molecule has 0 unspecified atom stereocenters. The fourth-order valence-corrected chi connectivity index (χ4v) is 3.03. The van der Waals surface area contributed by atoms with Gasteiger partial charge >= 0.3 is 0 Å². The van der Waals surface area contributed by atoms with Crippen LogP contribution in [0.25, 0.3) is 0 Å². The van der Waals surface area contributed by atoms with Crippen LogP contribution in [0.5, 0.6) is 0 Å². The first kappa shape index (κ1) is 8.72. The van der Waals surface area contributed by atoms with E-state index in [-0.39, 0.29) is 16.2 Å². The molecule has 0 radical (unpaired) electrons. The van der Waals surface area contributed by atoms with Gasteiger partial charge in [-0.3, -0.25) is 4.79 Å². The molecule has 0 atom stereocenters. The second-order valence-electron chi connectivity index (χ2n) is 2.82. The summed E-state index contributed by atoms with van der Waals surface area (Å²) < 4.78 is 22.7. The van der Waals surface area contributed by atoms with Crippen LogP contribution in [0.15, 0.2) is 23.1 Å². The molecule has 68 valence electrons. The minimum absolute atomic E-state index is 0.0602. The van der Waals surface area contributed by atoms with E-state index >= 15 is 0 Å². The Morgan fingerprint density at radius 1 is 1.31 bits per heavy atom. The van der Waals surface area contributed by atoms with E-state index in [0.717, 1.165) is 0 Å². The fraction of sp³-hybridized carbons (Fsp3) is 0.125. The normalized spacial score (nSPS) is 18.7. The Bertz CT molecular complexity index is 490. The molecule has 1 aliphatic heterocycles. The summed E-state index contributed by atoms with van der Waals surface area (Å²) in [6, 6.07) is 4.28. The number of Topliss-reactive ketones (excluding diaryl/α,β-unsaturated/α-hetero) is 1. The van der Waals surface area contributed by atoms with Crippen molar-refractivity contribution in [1.29, 1.82) is 0 Å². The predicted octanol–water partition coefficient (Wildman–Crippen LogP) is 1.31. The summed E-state index contributed by atoms with van der Waals surface area (Å²) in [4.78, 5) is 11.2. The van der Waals surface area contributed by atoms with Gasteiger partial charge in [0.2, 0.25) is 0 Å². The number of sulfone groups is 1. The Labute approximate surface area is 80.2 Å². The highest BCUT2D eigenvalue weighted by molar-refractivity contribution is 7.92. The maximum absolute atomic E-state index is 11.3. The predicted molar refractivity (Wildman–Crippen MR) is 47.8 cm³/mol. The Kier molecular flexibility index (Phi) is 1.72. The largest absolute Gasteiger partial charge is 0.293 e. The monoisotopic (exact) mass is 216 g/mol. The number of halogens is 1. The van der Waals surface area contributed by atoms with Gasteiger partial charge in [-0.05, 0) is 18.2 Å². The maximum atomic E-state index is 11.3. The van der Waals surface area contributed by atoms with Gasteiger partial charge in [0, 0.05) is 10.6 Å². The quantitative estimate of drug-likeness (QED) is 0.657. The van der Waals surface area contributed by atoms with Gasteiger partial charge in [-0.25, -0.2) is 8.42 Å². The van der Waals surface area contributed by atoms with Crippen molar-refractivity contribution in [2.45, 2.75) is 4.90 Å². The van der Waals surface area contributed by atoms with E-state index in [1.54, 1.807) is 0 Å². The van der Waals surface area contributed by atoms with Crippen molar-refractivity contribution in [3.05, 3.63) is 28.8 Å². The Hall–Kier alpha value is -0.870. The van der Waals surface area contributed by atoms with Crippen LogP contribution in [0.1, 0.15) is 10.4 Å². The van der Waals surface area contributed by atoms with Crippen LogP contribution in [-0.4, -0.2) is 20.0 Å². The highest BCUT2D eigenvalue weighted by atomic mass is 35.5. The summed E-state index contributed by atoms with van der Waals surface area (Å²) in [6.07, 6.45) is 0. The zero-order chi connectivity index (χ0) is 9.64. The first-order valence-electron chi connectivity index (χ1n) is 3.56. The van der Waals surface area contributed by atoms with Gasteiger partial charge in [0.05, 0.1) is 4.90 Å². The number of hydrogen-bond acceptors (Lipinski definition) is 3. The molecule has 5 heteroatoms. The average molecular weight is 217 g/mol. The van der Waals surface area contributed by atoms with Crippen LogP contribution in [-0.2, 0) is 9.84 Å². The van der Waals surface area contributed by atoms with Crippen LogP contribution in [0.4, 0.5) is 0 Å². The topological polar surface area (TPSA) is 51.2 Å². The third-order valence-corrected chi connectivity index (χ3v) is 3.79. The van der Waals surface area contributed by atoms with Crippen LogP contribution < -0.4 is 0 Å². The van der Waals surface area contributed by atoms with Crippen molar-refractivity contribution in [1.82, 2.24) is 0 Å². The van der Waals surface area contributed by atoms with Gasteiger partial charge in [0.15, 0.2) is 15.6 Å². The van der Waals surface area contributed by atoms with E-state index in [4.69, 9.17) is 11.6 Å². The lowest BCUT2D eigenvalue weighted by molar-refractivity contribution is 0.102. The van der Waals surface area contributed by atoms with Crippen molar-refractivity contribution in [2.24, 2.45) is 0 Å². The lowest BCUT2D eigenvalue weighted by Gasteiger charge is -1.95. The first-order chi connectivity index (χ1) is 6.00. The van der Waals surface area contributed by atoms with Crippen molar-refractivity contribution in [3.63, 3.8) is 0 Å². The average Bonchev–Trinajstić information content (AvgIpc) is 2.23. The van der Waals surface area contributed by atoms with E-state index in [2.05, 4.69) is 0 Å². The zero-order valence-corrected chi connectivity index (χ0v) is 8.02. The van der Waals surface area contributed by atoms with Gasteiger partial charge < -0.3 is 0 Å². The van der Waals surface area contributed by atoms with Gasteiger partial charge in [0.25, 0.3) is 0 Å². The standard InChI is InChI=1S/C8H5ClO3S/c9-5-1-2-6-7(10)4-13(11,12)8(6)3-5/h1-3H,4H2. The SMILES string of the molecule is O=C1CS(=O)(=O)c2cc(Cl)ccc21. The van der Waals surface area contributed by atoms with Crippen LogP contribution >= 0.6 is 11.6 Å². The minimum Gasteiger partial charge on any atom is -0.293 e. The summed E-state index contributed by atoms with van der Waals surface area (Å²) in [6.45, 7) is 0. The third kappa shape index (κ3) is 1.26. The number of benzene rings is 1. The van der Waals surface area contributed by atoms with Gasteiger partial charge in [-0.1, -0.05) is 11.6 Å². The number of hydrogen-bond donors (Lipinski definition) is 0. The summed E-state index contributed by atoms with van der Waals surface area (Å²) in [5, 5.41) is 0.331.